The van der Waals surface area contributed by atoms with Crippen molar-refractivity contribution in [2.45, 2.75) is 37.9 Å². The highest BCUT2D eigenvalue weighted by Gasteiger charge is 2.29. The van der Waals surface area contributed by atoms with E-state index in [9.17, 15) is 9.50 Å². The van der Waals surface area contributed by atoms with Crippen LogP contribution in [0.1, 0.15) is 31.4 Å². The van der Waals surface area contributed by atoms with Gasteiger partial charge in [0.1, 0.15) is 24.3 Å². The van der Waals surface area contributed by atoms with Gasteiger partial charge in [0, 0.05) is 24.9 Å². The van der Waals surface area contributed by atoms with Crippen molar-refractivity contribution in [3.63, 3.8) is 0 Å². The molecule has 1 N–H and O–H groups in total. The van der Waals surface area contributed by atoms with E-state index >= 15 is 0 Å². The molecule has 0 unspecified atom stereocenters. The Morgan fingerprint density at radius 1 is 1.21 bits per heavy atom. The molecule has 2 atom stereocenters. The van der Waals surface area contributed by atoms with Gasteiger partial charge in [0.15, 0.2) is 11.5 Å². The summed E-state index contributed by atoms with van der Waals surface area (Å²) >= 11 is 0. The molecule has 0 radical (unpaired) electrons. The van der Waals surface area contributed by atoms with Gasteiger partial charge < -0.3 is 14.6 Å². The zero-order valence-electron chi connectivity index (χ0n) is 16.0. The zero-order chi connectivity index (χ0) is 20.4. The Kier molecular flexibility index (Phi) is 5.12. The molecule has 1 fully saturated rings. The van der Waals surface area contributed by atoms with E-state index in [1.807, 2.05) is 18.0 Å². The molecule has 0 amide bonds. The number of hydrogen-bond donors (Lipinski definition) is 1. The molecule has 1 aromatic carbocycles. The van der Waals surface area contributed by atoms with Crippen LogP contribution in [0.2, 0.25) is 0 Å². The van der Waals surface area contributed by atoms with Crippen LogP contribution in [0.5, 0.6) is 5.75 Å². The monoisotopic (exact) mass is 392 g/mol. The SMILES string of the molecule is CN(c1ccc(-c2ccc(-n3cnc(C#N)c3)cc2O)nn1)[C@H]1CCCC[C@H]1F. The number of benzene rings is 1. The maximum atomic E-state index is 14.2. The van der Waals surface area contributed by atoms with Crippen molar-refractivity contribution in [1.29, 1.82) is 5.26 Å². The third-order valence-corrected chi connectivity index (χ3v) is 5.41. The highest BCUT2D eigenvalue weighted by Crippen LogP contribution is 2.31. The summed E-state index contributed by atoms with van der Waals surface area (Å²) < 4.78 is 15.9. The summed E-state index contributed by atoms with van der Waals surface area (Å²) in [6, 6.07) is 10.5. The third kappa shape index (κ3) is 3.76. The largest absolute Gasteiger partial charge is 0.507 e. The van der Waals surface area contributed by atoms with Crippen molar-refractivity contribution in [3.8, 4) is 28.8 Å². The van der Waals surface area contributed by atoms with Crippen LogP contribution in [0.4, 0.5) is 10.2 Å². The van der Waals surface area contributed by atoms with Crippen molar-refractivity contribution >= 4 is 5.82 Å². The number of imidazole rings is 1. The van der Waals surface area contributed by atoms with E-state index in [0.29, 0.717) is 34.9 Å². The minimum Gasteiger partial charge on any atom is -0.507 e. The minimum atomic E-state index is -0.850. The maximum absolute atomic E-state index is 14.2. The Balaban J connectivity index is 1.55. The molecular weight excluding hydrogens is 371 g/mol. The van der Waals surface area contributed by atoms with E-state index in [2.05, 4.69) is 15.2 Å². The predicted molar refractivity (Wildman–Crippen MR) is 107 cm³/mol. The number of anilines is 1. The molecule has 1 aliphatic carbocycles. The zero-order valence-corrected chi connectivity index (χ0v) is 16.0. The number of halogens is 1. The van der Waals surface area contributed by atoms with Crippen LogP contribution in [0.15, 0.2) is 42.9 Å². The van der Waals surface area contributed by atoms with Crippen LogP contribution in [0, 0.1) is 11.3 Å². The number of alkyl halides is 1. The average Bonchev–Trinajstić information content (AvgIpc) is 3.23. The van der Waals surface area contributed by atoms with Crippen molar-refractivity contribution in [3.05, 3.63) is 48.5 Å². The number of rotatable bonds is 4. The van der Waals surface area contributed by atoms with Crippen molar-refractivity contribution < 1.29 is 9.50 Å². The van der Waals surface area contributed by atoms with Gasteiger partial charge in [-0.2, -0.15) is 5.26 Å². The Morgan fingerprint density at radius 2 is 2.03 bits per heavy atom. The number of aromatic nitrogens is 4. The van der Waals surface area contributed by atoms with Crippen LogP contribution in [0.25, 0.3) is 16.9 Å². The summed E-state index contributed by atoms with van der Waals surface area (Å²) in [6.45, 7) is 0. The minimum absolute atomic E-state index is 0.0428. The topological polar surface area (TPSA) is 90.9 Å². The summed E-state index contributed by atoms with van der Waals surface area (Å²) in [5.74, 6) is 0.656. The van der Waals surface area contributed by atoms with Gasteiger partial charge >= 0.3 is 0 Å². The van der Waals surface area contributed by atoms with Gasteiger partial charge in [-0.1, -0.05) is 12.8 Å². The smallest absolute Gasteiger partial charge is 0.158 e. The van der Waals surface area contributed by atoms with Crippen LogP contribution in [-0.2, 0) is 0 Å². The molecule has 1 aliphatic rings. The van der Waals surface area contributed by atoms with Gasteiger partial charge in [-0.25, -0.2) is 9.37 Å². The van der Waals surface area contributed by atoms with Gasteiger partial charge in [-0.3, -0.25) is 0 Å². The molecular formula is C21H21FN6O. The number of hydrogen-bond acceptors (Lipinski definition) is 6. The van der Waals surface area contributed by atoms with Gasteiger partial charge in [0.2, 0.25) is 0 Å². The average molecular weight is 392 g/mol. The molecule has 0 spiro atoms. The molecule has 4 rings (SSSR count). The first kappa shape index (κ1) is 18.9. The lowest BCUT2D eigenvalue weighted by Gasteiger charge is -2.34. The third-order valence-electron chi connectivity index (χ3n) is 5.41. The van der Waals surface area contributed by atoms with Gasteiger partial charge in [-0.05, 0) is 37.1 Å². The predicted octanol–water partition coefficient (Wildman–Crippen LogP) is 3.62. The van der Waals surface area contributed by atoms with Crippen molar-refractivity contribution in [1.82, 2.24) is 19.7 Å². The lowest BCUT2D eigenvalue weighted by Crippen LogP contribution is -2.41. The van der Waals surface area contributed by atoms with Crippen molar-refractivity contribution in [2.75, 3.05) is 11.9 Å². The van der Waals surface area contributed by atoms with E-state index in [4.69, 9.17) is 5.26 Å². The number of aromatic hydroxyl groups is 1. The molecule has 148 valence electrons. The molecule has 1 saturated carbocycles. The second-order valence-electron chi connectivity index (χ2n) is 7.23. The molecule has 29 heavy (non-hydrogen) atoms. The quantitative estimate of drug-likeness (QED) is 0.729. The molecule has 2 aromatic heterocycles. The lowest BCUT2D eigenvalue weighted by molar-refractivity contribution is 0.213. The molecule has 2 heterocycles. The second kappa shape index (κ2) is 7.87. The van der Waals surface area contributed by atoms with Crippen LogP contribution < -0.4 is 4.90 Å². The number of phenols is 1. The molecule has 0 saturated heterocycles. The lowest BCUT2D eigenvalue weighted by atomic mass is 9.92. The van der Waals surface area contributed by atoms with Crippen LogP contribution >= 0.6 is 0 Å². The highest BCUT2D eigenvalue weighted by molar-refractivity contribution is 5.69. The fourth-order valence-electron chi connectivity index (χ4n) is 3.75. The molecule has 3 aromatic rings. The second-order valence-corrected chi connectivity index (χ2v) is 7.23. The highest BCUT2D eigenvalue weighted by atomic mass is 19.1. The fraction of sp³-hybridized carbons (Fsp3) is 0.333. The van der Waals surface area contributed by atoms with Gasteiger partial charge in [-0.15, -0.1) is 10.2 Å². The Labute approximate surface area is 168 Å². The Hall–Kier alpha value is -3.47. The molecule has 0 bridgehead atoms. The molecule has 0 aliphatic heterocycles. The normalized spacial score (nSPS) is 18.9. The Morgan fingerprint density at radius 3 is 2.69 bits per heavy atom. The number of nitrogens with zero attached hydrogens (tertiary/aromatic N) is 6. The molecule has 7 nitrogen and oxygen atoms in total. The number of phenolic OH excluding ortho intramolecular Hbond substituents is 1. The summed E-state index contributed by atoms with van der Waals surface area (Å²) in [5.41, 5.74) is 2.04. The Bertz CT molecular complexity index is 1040. The van der Waals surface area contributed by atoms with Gasteiger partial charge in [0.25, 0.3) is 0 Å². The summed E-state index contributed by atoms with van der Waals surface area (Å²) in [6.07, 6.45) is 5.61. The fourth-order valence-corrected chi connectivity index (χ4v) is 3.75. The van der Waals surface area contributed by atoms with Crippen molar-refractivity contribution in [2.24, 2.45) is 0 Å². The summed E-state index contributed by atoms with van der Waals surface area (Å²) in [5, 5.41) is 27.8. The standard InChI is InChI=1S/C21H21FN6O/c1-27(19-5-3-2-4-17(19)22)21-9-8-18(25-26-21)16-7-6-15(10-20(16)29)28-12-14(11-23)24-13-28/h6-10,12-13,17,19,29H,2-5H2,1H3/t17-,19+/m1/s1. The van der Waals surface area contributed by atoms with Crippen LogP contribution in [-0.4, -0.2) is 44.1 Å². The van der Waals surface area contributed by atoms with Crippen LogP contribution in [0.3, 0.4) is 0 Å². The van der Waals surface area contributed by atoms with E-state index in [1.165, 1.54) is 6.33 Å². The summed E-state index contributed by atoms with van der Waals surface area (Å²) in [4.78, 5) is 5.81. The van der Waals surface area contributed by atoms with E-state index in [-0.39, 0.29) is 11.8 Å². The van der Waals surface area contributed by atoms with E-state index in [0.717, 1.165) is 19.3 Å². The first-order valence-electron chi connectivity index (χ1n) is 9.55. The first-order valence-corrected chi connectivity index (χ1v) is 9.55. The maximum Gasteiger partial charge on any atom is 0.158 e. The van der Waals surface area contributed by atoms with Gasteiger partial charge in [0.05, 0.1) is 17.4 Å². The molecule has 8 heteroatoms. The van der Waals surface area contributed by atoms with E-state index < -0.39 is 6.17 Å². The summed E-state index contributed by atoms with van der Waals surface area (Å²) in [7, 11) is 1.85. The first-order chi connectivity index (χ1) is 14.1. The number of nitriles is 1. The van der Waals surface area contributed by atoms with E-state index in [1.54, 1.807) is 41.1 Å².